The van der Waals surface area contributed by atoms with Crippen molar-refractivity contribution in [3.8, 4) is 0 Å². The van der Waals surface area contributed by atoms with E-state index >= 15 is 0 Å². The summed E-state index contributed by atoms with van der Waals surface area (Å²) in [7, 11) is 0. The first kappa shape index (κ1) is 6.32. The summed E-state index contributed by atoms with van der Waals surface area (Å²) in [6.45, 7) is 1.07. The summed E-state index contributed by atoms with van der Waals surface area (Å²) in [4.78, 5) is 0. The number of nitrogens with zero attached hydrogens (tertiary/aromatic N) is 1. The average molecular weight is 125 g/mol. The van der Waals surface area contributed by atoms with Gasteiger partial charge >= 0.3 is 0 Å². The van der Waals surface area contributed by atoms with Crippen molar-refractivity contribution >= 4 is 0 Å². The van der Waals surface area contributed by atoms with Crippen molar-refractivity contribution in [1.29, 1.82) is 0 Å². The monoisotopic (exact) mass is 125 g/mol. The van der Waals surface area contributed by atoms with Crippen LogP contribution in [0.1, 0.15) is 5.69 Å². The van der Waals surface area contributed by atoms with Gasteiger partial charge < -0.3 is 16.0 Å². The summed E-state index contributed by atoms with van der Waals surface area (Å²) in [5, 5.41) is 0. The second-order valence-electron chi connectivity index (χ2n) is 1.86. The molecule has 1 rings (SSSR count). The number of hydrogen-bond acceptors (Lipinski definition) is 2. The van der Waals surface area contributed by atoms with E-state index in [0.29, 0.717) is 13.2 Å². The Hall–Kier alpha value is -0.800. The van der Waals surface area contributed by atoms with Crippen molar-refractivity contribution in [3.63, 3.8) is 0 Å². The van der Waals surface area contributed by atoms with Gasteiger partial charge in [0, 0.05) is 18.4 Å². The van der Waals surface area contributed by atoms with Gasteiger partial charge in [0.2, 0.25) is 0 Å². The van der Waals surface area contributed by atoms with Crippen LogP contribution in [0.25, 0.3) is 0 Å². The summed E-state index contributed by atoms with van der Waals surface area (Å²) in [6, 6.07) is 3.90. The summed E-state index contributed by atoms with van der Waals surface area (Å²) in [5.41, 5.74) is 11.9. The molecule has 0 fully saturated rings. The van der Waals surface area contributed by atoms with E-state index in [2.05, 4.69) is 0 Å². The van der Waals surface area contributed by atoms with E-state index in [0.717, 1.165) is 5.69 Å². The van der Waals surface area contributed by atoms with Crippen molar-refractivity contribution in [3.05, 3.63) is 24.0 Å². The first-order valence-electron chi connectivity index (χ1n) is 2.92. The Balaban J connectivity index is 2.85. The van der Waals surface area contributed by atoms with Crippen LogP contribution >= 0.6 is 0 Å². The molecular formula is C6H11N3. The minimum atomic E-state index is 0.513. The van der Waals surface area contributed by atoms with Crippen LogP contribution in [0, 0.1) is 0 Å². The lowest BCUT2D eigenvalue weighted by atomic mass is 10.4. The highest BCUT2D eigenvalue weighted by Gasteiger charge is 1.92. The number of aromatic nitrogens is 1. The molecule has 3 heteroatoms. The predicted octanol–water partition coefficient (Wildman–Crippen LogP) is -0.137. The van der Waals surface area contributed by atoms with E-state index in [1.165, 1.54) is 0 Å². The maximum atomic E-state index is 5.39. The Labute approximate surface area is 54.3 Å². The molecule has 0 aliphatic heterocycles. The van der Waals surface area contributed by atoms with E-state index in [9.17, 15) is 0 Å². The maximum Gasteiger partial charge on any atom is 0.0698 e. The molecule has 0 aliphatic rings. The van der Waals surface area contributed by atoms with Gasteiger partial charge in [-0.1, -0.05) is 0 Å². The molecule has 50 valence electrons. The topological polar surface area (TPSA) is 57.0 Å². The fraction of sp³-hybridized carbons (Fsp3) is 0.333. The van der Waals surface area contributed by atoms with Crippen LogP contribution in [-0.4, -0.2) is 4.57 Å². The molecule has 0 amide bonds. The second kappa shape index (κ2) is 2.66. The van der Waals surface area contributed by atoms with E-state index < -0.39 is 0 Å². The Kier molecular flexibility index (Phi) is 1.87. The Morgan fingerprint density at radius 3 is 2.67 bits per heavy atom. The Bertz CT molecular complexity index is 162. The zero-order valence-electron chi connectivity index (χ0n) is 5.25. The van der Waals surface area contributed by atoms with Crippen LogP contribution in [0.5, 0.6) is 0 Å². The quantitative estimate of drug-likeness (QED) is 0.578. The lowest BCUT2D eigenvalue weighted by molar-refractivity contribution is 0.692. The van der Waals surface area contributed by atoms with Crippen LogP contribution in [0.2, 0.25) is 0 Å². The third-order valence-electron chi connectivity index (χ3n) is 1.33. The molecule has 0 bridgehead atoms. The minimum Gasteiger partial charge on any atom is -0.337 e. The van der Waals surface area contributed by atoms with E-state index in [1.807, 2.05) is 22.9 Å². The molecule has 1 aromatic heterocycles. The minimum absolute atomic E-state index is 0.513. The van der Waals surface area contributed by atoms with Crippen molar-refractivity contribution in [1.82, 2.24) is 4.57 Å². The summed E-state index contributed by atoms with van der Waals surface area (Å²) in [6.07, 6.45) is 1.92. The van der Waals surface area contributed by atoms with E-state index in [4.69, 9.17) is 11.5 Å². The smallest absolute Gasteiger partial charge is 0.0698 e. The lowest BCUT2D eigenvalue weighted by Gasteiger charge is -2.01. The van der Waals surface area contributed by atoms with Gasteiger partial charge in [0.25, 0.3) is 0 Å². The maximum absolute atomic E-state index is 5.39. The SMILES string of the molecule is NCc1cccn1CN. The van der Waals surface area contributed by atoms with Gasteiger partial charge in [-0.25, -0.2) is 0 Å². The fourth-order valence-corrected chi connectivity index (χ4v) is 0.813. The fourth-order valence-electron chi connectivity index (χ4n) is 0.813. The number of nitrogens with two attached hydrogens (primary N) is 2. The molecule has 0 saturated heterocycles. The number of rotatable bonds is 2. The molecule has 0 aliphatic carbocycles. The first-order valence-corrected chi connectivity index (χ1v) is 2.92. The highest BCUT2D eigenvalue weighted by Crippen LogP contribution is 1.97. The van der Waals surface area contributed by atoms with Gasteiger partial charge in [-0.05, 0) is 12.1 Å². The first-order chi connectivity index (χ1) is 4.38. The van der Waals surface area contributed by atoms with E-state index in [1.54, 1.807) is 0 Å². The Morgan fingerprint density at radius 1 is 1.44 bits per heavy atom. The molecule has 0 spiro atoms. The highest BCUT2D eigenvalue weighted by molar-refractivity contribution is 5.05. The third kappa shape index (κ3) is 1.12. The average Bonchev–Trinajstić information content (AvgIpc) is 2.33. The zero-order chi connectivity index (χ0) is 6.69. The lowest BCUT2D eigenvalue weighted by Crippen LogP contribution is -2.11. The van der Waals surface area contributed by atoms with Crippen molar-refractivity contribution < 1.29 is 0 Å². The van der Waals surface area contributed by atoms with Crippen molar-refractivity contribution in [2.45, 2.75) is 13.2 Å². The zero-order valence-corrected chi connectivity index (χ0v) is 5.25. The molecule has 1 aromatic rings. The third-order valence-corrected chi connectivity index (χ3v) is 1.33. The van der Waals surface area contributed by atoms with Crippen molar-refractivity contribution in [2.24, 2.45) is 11.5 Å². The van der Waals surface area contributed by atoms with Crippen molar-refractivity contribution in [2.75, 3.05) is 0 Å². The van der Waals surface area contributed by atoms with Gasteiger partial charge in [-0.3, -0.25) is 0 Å². The molecule has 0 aromatic carbocycles. The molecule has 0 radical (unpaired) electrons. The Morgan fingerprint density at radius 2 is 2.22 bits per heavy atom. The molecule has 0 atom stereocenters. The van der Waals surface area contributed by atoms with E-state index in [-0.39, 0.29) is 0 Å². The standard InChI is InChI=1S/C6H11N3/c7-4-6-2-1-3-9(6)5-8/h1-3H,4-5,7-8H2. The molecule has 0 unspecified atom stereocenters. The summed E-state index contributed by atoms with van der Waals surface area (Å²) in [5.74, 6) is 0. The van der Waals surface area contributed by atoms with Crippen LogP contribution < -0.4 is 11.5 Å². The van der Waals surface area contributed by atoms with Crippen LogP contribution in [0.15, 0.2) is 18.3 Å². The molecule has 1 heterocycles. The molecule has 4 N–H and O–H groups in total. The van der Waals surface area contributed by atoms with Crippen LogP contribution in [0.4, 0.5) is 0 Å². The van der Waals surface area contributed by atoms with Crippen LogP contribution in [0.3, 0.4) is 0 Å². The molecule has 0 saturated carbocycles. The molecular weight excluding hydrogens is 114 g/mol. The largest absolute Gasteiger partial charge is 0.337 e. The van der Waals surface area contributed by atoms with Gasteiger partial charge in [0.1, 0.15) is 0 Å². The number of hydrogen-bond donors (Lipinski definition) is 2. The summed E-state index contributed by atoms with van der Waals surface area (Å²) >= 11 is 0. The predicted molar refractivity (Wildman–Crippen MR) is 36.5 cm³/mol. The van der Waals surface area contributed by atoms with Gasteiger partial charge in [-0.2, -0.15) is 0 Å². The molecule has 9 heavy (non-hydrogen) atoms. The van der Waals surface area contributed by atoms with Crippen LogP contribution in [-0.2, 0) is 13.2 Å². The van der Waals surface area contributed by atoms with Gasteiger partial charge in [-0.15, -0.1) is 0 Å². The normalized spacial score (nSPS) is 10.0. The van der Waals surface area contributed by atoms with Gasteiger partial charge in [0.15, 0.2) is 0 Å². The highest BCUT2D eigenvalue weighted by atomic mass is 15.0. The molecule has 3 nitrogen and oxygen atoms in total. The second-order valence-corrected chi connectivity index (χ2v) is 1.86. The summed E-state index contributed by atoms with van der Waals surface area (Å²) < 4.78 is 1.92. The van der Waals surface area contributed by atoms with Gasteiger partial charge in [0.05, 0.1) is 6.67 Å².